The van der Waals surface area contributed by atoms with Crippen LogP contribution in [0.1, 0.15) is 43.7 Å². The molecule has 0 radical (unpaired) electrons. The molecule has 7 nitrogen and oxygen atoms in total. The molecule has 0 aliphatic carbocycles. The van der Waals surface area contributed by atoms with Crippen molar-refractivity contribution in [2.24, 2.45) is 0 Å². The zero-order valence-corrected chi connectivity index (χ0v) is 17.0. The lowest BCUT2D eigenvalue weighted by Crippen LogP contribution is -2.41. The fraction of sp³-hybridized carbons (Fsp3) is 0.409. The first kappa shape index (κ1) is 19.2. The zero-order chi connectivity index (χ0) is 20.2. The molecule has 7 heteroatoms. The highest BCUT2D eigenvalue weighted by Crippen LogP contribution is 2.33. The van der Waals surface area contributed by atoms with Crippen molar-refractivity contribution in [2.75, 3.05) is 13.7 Å². The summed E-state index contributed by atoms with van der Waals surface area (Å²) in [5.74, 6) is 1.83. The predicted octanol–water partition coefficient (Wildman–Crippen LogP) is 3.60. The lowest BCUT2D eigenvalue weighted by Gasteiger charge is -2.34. The number of hydrogen-bond donors (Lipinski definition) is 1. The molecule has 0 spiro atoms. The molecular weight excluding hydrogens is 366 g/mol. The van der Waals surface area contributed by atoms with E-state index in [1.54, 1.807) is 19.6 Å². The number of methoxy groups -OCH3 is 1. The minimum Gasteiger partial charge on any atom is -0.496 e. The number of nitrogens with one attached hydrogen (secondary N) is 1. The van der Waals surface area contributed by atoms with Crippen LogP contribution < -0.4 is 4.74 Å². The molecule has 0 fully saturated rings. The van der Waals surface area contributed by atoms with E-state index in [9.17, 15) is 4.79 Å². The maximum atomic E-state index is 12.9. The van der Waals surface area contributed by atoms with Crippen LogP contribution in [0.5, 0.6) is 5.75 Å². The van der Waals surface area contributed by atoms with Crippen LogP contribution in [0.4, 0.5) is 0 Å². The van der Waals surface area contributed by atoms with E-state index in [1.807, 2.05) is 29.2 Å². The summed E-state index contributed by atoms with van der Waals surface area (Å²) in [6, 6.07) is 8.15. The van der Waals surface area contributed by atoms with Crippen LogP contribution in [0.2, 0.25) is 0 Å². The van der Waals surface area contributed by atoms with Gasteiger partial charge in [-0.2, -0.15) is 0 Å². The maximum Gasteiger partial charge on any atom is 0.229 e. The largest absolute Gasteiger partial charge is 0.496 e. The second kappa shape index (κ2) is 8.51. The van der Waals surface area contributed by atoms with Gasteiger partial charge in [0.1, 0.15) is 11.6 Å². The number of rotatable bonds is 7. The fourth-order valence-corrected chi connectivity index (χ4v) is 3.94. The van der Waals surface area contributed by atoms with Gasteiger partial charge in [0.05, 0.1) is 38.1 Å². The molecule has 4 rings (SSSR count). The Morgan fingerprint density at radius 3 is 2.97 bits per heavy atom. The summed E-state index contributed by atoms with van der Waals surface area (Å²) < 4.78 is 7.78. The second-order valence-corrected chi connectivity index (χ2v) is 7.47. The van der Waals surface area contributed by atoms with Gasteiger partial charge in [-0.1, -0.05) is 31.9 Å². The fourth-order valence-electron chi connectivity index (χ4n) is 3.94. The van der Waals surface area contributed by atoms with E-state index in [0.717, 1.165) is 47.8 Å². The Morgan fingerprint density at radius 2 is 2.21 bits per heavy atom. The van der Waals surface area contributed by atoms with Gasteiger partial charge in [0.25, 0.3) is 0 Å². The predicted molar refractivity (Wildman–Crippen MR) is 110 cm³/mol. The summed E-state index contributed by atoms with van der Waals surface area (Å²) in [4.78, 5) is 26.7. The number of amides is 1. The van der Waals surface area contributed by atoms with E-state index in [2.05, 4.69) is 27.7 Å². The number of carbonyl (C=O) groups is 1. The number of aromatic amines is 1. The lowest BCUT2D eigenvalue weighted by atomic mass is 10.1. The molecule has 1 atom stereocenters. The monoisotopic (exact) mass is 393 g/mol. The molecule has 152 valence electrons. The third-order valence-corrected chi connectivity index (χ3v) is 5.49. The van der Waals surface area contributed by atoms with Crippen molar-refractivity contribution in [2.45, 2.75) is 45.2 Å². The summed E-state index contributed by atoms with van der Waals surface area (Å²) in [6.07, 6.45) is 9.03. The number of fused-ring (bicyclic) bond motifs is 1. The first-order valence-corrected chi connectivity index (χ1v) is 10.2. The van der Waals surface area contributed by atoms with E-state index < -0.39 is 0 Å². The molecule has 0 bridgehead atoms. The van der Waals surface area contributed by atoms with Gasteiger partial charge < -0.3 is 19.2 Å². The number of aromatic nitrogens is 4. The van der Waals surface area contributed by atoms with Crippen LogP contribution in [0.15, 0.2) is 43.0 Å². The van der Waals surface area contributed by atoms with Gasteiger partial charge in [-0.25, -0.2) is 9.97 Å². The smallest absolute Gasteiger partial charge is 0.229 e. The summed E-state index contributed by atoms with van der Waals surface area (Å²) in [5, 5.41) is 0. The molecule has 3 heterocycles. The maximum absolute atomic E-state index is 12.9. The van der Waals surface area contributed by atoms with Crippen molar-refractivity contribution >= 4 is 5.91 Å². The van der Waals surface area contributed by atoms with Crippen LogP contribution in [0.25, 0.3) is 11.3 Å². The van der Waals surface area contributed by atoms with Crippen molar-refractivity contribution in [1.29, 1.82) is 0 Å². The highest BCUT2D eigenvalue weighted by atomic mass is 16.5. The standard InChI is InChI=1S/C22H27N5O2/c1-3-4-7-17-12-26(22(28)10-16-11-23-15-24-16)14-21-25-19(13-27(17)21)18-8-5-6-9-20(18)29-2/h5-6,8-9,11,13,15,17H,3-4,7,10,12,14H2,1-2H3,(H,23,24). The van der Waals surface area contributed by atoms with E-state index in [-0.39, 0.29) is 11.9 Å². The molecule has 1 N–H and O–H groups in total. The van der Waals surface area contributed by atoms with Gasteiger partial charge in [-0.3, -0.25) is 4.79 Å². The highest BCUT2D eigenvalue weighted by Gasteiger charge is 2.29. The number of hydrogen-bond acceptors (Lipinski definition) is 4. The van der Waals surface area contributed by atoms with E-state index in [0.29, 0.717) is 19.5 Å². The quantitative estimate of drug-likeness (QED) is 0.665. The van der Waals surface area contributed by atoms with Crippen LogP contribution >= 0.6 is 0 Å². The van der Waals surface area contributed by atoms with Gasteiger partial charge in [0.15, 0.2) is 0 Å². The number of ether oxygens (including phenoxy) is 1. The molecular formula is C22H27N5O2. The van der Waals surface area contributed by atoms with Gasteiger partial charge in [-0.05, 0) is 18.6 Å². The Labute approximate surface area is 170 Å². The summed E-state index contributed by atoms with van der Waals surface area (Å²) in [7, 11) is 1.68. The average Bonchev–Trinajstić information content (AvgIpc) is 3.41. The molecule has 1 unspecified atom stereocenters. The van der Waals surface area contributed by atoms with Crippen LogP contribution in [-0.2, 0) is 17.8 Å². The number of H-pyrrole nitrogens is 1. The molecule has 1 aliphatic rings. The number of unbranched alkanes of at least 4 members (excludes halogenated alkanes) is 1. The normalized spacial score (nSPS) is 15.9. The highest BCUT2D eigenvalue weighted by molar-refractivity contribution is 5.78. The van der Waals surface area contributed by atoms with Gasteiger partial charge in [0.2, 0.25) is 5.91 Å². The first-order chi connectivity index (χ1) is 14.2. The Balaban J connectivity index is 1.62. The Bertz CT molecular complexity index is 964. The molecule has 1 aliphatic heterocycles. The number of para-hydroxylation sites is 1. The molecule has 29 heavy (non-hydrogen) atoms. The average molecular weight is 393 g/mol. The van der Waals surface area contributed by atoms with Gasteiger partial charge in [0, 0.05) is 30.2 Å². The van der Waals surface area contributed by atoms with Crippen molar-refractivity contribution < 1.29 is 9.53 Å². The summed E-state index contributed by atoms with van der Waals surface area (Å²) in [5.41, 5.74) is 2.70. The van der Waals surface area contributed by atoms with Gasteiger partial charge >= 0.3 is 0 Å². The third-order valence-electron chi connectivity index (χ3n) is 5.49. The molecule has 0 saturated heterocycles. The molecule has 3 aromatic rings. The number of carbonyl (C=O) groups excluding carboxylic acids is 1. The lowest BCUT2D eigenvalue weighted by molar-refractivity contribution is -0.132. The van der Waals surface area contributed by atoms with Crippen molar-refractivity contribution in [3.05, 3.63) is 54.5 Å². The van der Waals surface area contributed by atoms with E-state index in [4.69, 9.17) is 9.72 Å². The Morgan fingerprint density at radius 1 is 1.34 bits per heavy atom. The van der Waals surface area contributed by atoms with Crippen LogP contribution in [0.3, 0.4) is 0 Å². The summed E-state index contributed by atoms with van der Waals surface area (Å²) >= 11 is 0. The van der Waals surface area contributed by atoms with Crippen LogP contribution in [0, 0.1) is 0 Å². The SMILES string of the molecule is CCCCC1CN(C(=O)Cc2cnc[nH]2)Cc2nc(-c3ccccc3OC)cn21. The number of benzene rings is 1. The summed E-state index contributed by atoms with van der Waals surface area (Å²) in [6.45, 7) is 3.42. The molecule has 2 aromatic heterocycles. The first-order valence-electron chi connectivity index (χ1n) is 10.2. The Kier molecular flexibility index (Phi) is 5.64. The van der Waals surface area contributed by atoms with E-state index >= 15 is 0 Å². The Hall–Kier alpha value is -3.09. The number of nitrogens with zero attached hydrogens (tertiary/aromatic N) is 4. The third kappa shape index (κ3) is 4.04. The van der Waals surface area contributed by atoms with Gasteiger partial charge in [-0.15, -0.1) is 0 Å². The number of imidazole rings is 2. The van der Waals surface area contributed by atoms with E-state index in [1.165, 1.54) is 0 Å². The molecule has 1 aromatic carbocycles. The minimum atomic E-state index is 0.101. The van der Waals surface area contributed by atoms with Crippen molar-refractivity contribution in [3.8, 4) is 17.0 Å². The second-order valence-electron chi connectivity index (χ2n) is 7.47. The minimum absolute atomic E-state index is 0.101. The molecule has 0 saturated carbocycles. The van der Waals surface area contributed by atoms with Crippen molar-refractivity contribution in [1.82, 2.24) is 24.4 Å². The van der Waals surface area contributed by atoms with Crippen LogP contribution in [-0.4, -0.2) is 44.0 Å². The zero-order valence-electron chi connectivity index (χ0n) is 17.0. The molecule has 1 amide bonds. The van der Waals surface area contributed by atoms with Crippen molar-refractivity contribution in [3.63, 3.8) is 0 Å². The topological polar surface area (TPSA) is 76.0 Å².